The van der Waals surface area contributed by atoms with Crippen LogP contribution in [-0.4, -0.2) is 13.3 Å². The SMILES string of the molecule is FC=COCCF. The first kappa shape index (κ1) is 6.40. The molecule has 0 bridgehead atoms. The third-order valence-electron chi connectivity index (χ3n) is 0.343. The summed E-state index contributed by atoms with van der Waals surface area (Å²) in [6.07, 6.45) is 1.02. The van der Waals surface area contributed by atoms with Crippen LogP contribution in [0.3, 0.4) is 0 Å². The van der Waals surface area contributed by atoms with Gasteiger partial charge in [0.25, 0.3) is 0 Å². The summed E-state index contributed by atoms with van der Waals surface area (Å²) in [7, 11) is 0. The van der Waals surface area contributed by atoms with Gasteiger partial charge in [0.15, 0.2) is 0 Å². The largest absolute Gasteiger partial charge is 0.496 e. The number of alkyl halides is 1. The van der Waals surface area contributed by atoms with Gasteiger partial charge in [-0.15, -0.1) is 0 Å². The molecule has 0 saturated carbocycles. The summed E-state index contributed by atoms with van der Waals surface area (Å²) in [6.45, 7) is -0.648. The fourth-order valence-corrected chi connectivity index (χ4v) is 0.149. The third-order valence-corrected chi connectivity index (χ3v) is 0.343. The van der Waals surface area contributed by atoms with E-state index in [0.29, 0.717) is 0 Å². The van der Waals surface area contributed by atoms with E-state index in [1.54, 1.807) is 0 Å². The van der Waals surface area contributed by atoms with E-state index in [9.17, 15) is 8.78 Å². The van der Waals surface area contributed by atoms with Crippen molar-refractivity contribution in [3.05, 3.63) is 12.6 Å². The standard InChI is InChI=1S/C4H6F2O/c5-1-3-7-4-2-6/h1,3H,2,4H2. The van der Waals surface area contributed by atoms with E-state index in [2.05, 4.69) is 4.74 Å². The van der Waals surface area contributed by atoms with Gasteiger partial charge in [-0.3, -0.25) is 0 Å². The first-order valence-corrected chi connectivity index (χ1v) is 1.84. The Morgan fingerprint density at radius 2 is 2.29 bits per heavy atom. The fraction of sp³-hybridized carbons (Fsp3) is 0.500. The second-order valence-corrected chi connectivity index (χ2v) is 0.822. The molecule has 0 aromatic heterocycles. The molecule has 0 rings (SSSR count). The van der Waals surface area contributed by atoms with Crippen molar-refractivity contribution in [1.29, 1.82) is 0 Å². The highest BCUT2D eigenvalue weighted by Gasteiger charge is 1.74. The van der Waals surface area contributed by atoms with Crippen molar-refractivity contribution in [2.75, 3.05) is 13.3 Å². The van der Waals surface area contributed by atoms with Crippen LogP contribution in [0, 0.1) is 0 Å². The average Bonchev–Trinajstić information content (AvgIpc) is 1.69. The molecule has 0 aromatic carbocycles. The minimum absolute atomic E-state index is 0.0690. The predicted octanol–water partition coefficient (Wildman–Crippen LogP) is 1.41. The van der Waals surface area contributed by atoms with E-state index in [-0.39, 0.29) is 12.9 Å². The third kappa shape index (κ3) is 5.40. The van der Waals surface area contributed by atoms with Crippen molar-refractivity contribution in [1.82, 2.24) is 0 Å². The maximum atomic E-state index is 11.0. The summed E-state index contributed by atoms with van der Waals surface area (Å²) in [6, 6.07) is 0. The Kier molecular flexibility index (Phi) is 4.94. The molecule has 0 unspecified atom stereocenters. The van der Waals surface area contributed by atoms with Crippen molar-refractivity contribution in [2.45, 2.75) is 0 Å². The van der Waals surface area contributed by atoms with Gasteiger partial charge in [0, 0.05) is 0 Å². The molecule has 0 aliphatic rings. The topological polar surface area (TPSA) is 9.23 Å². The van der Waals surface area contributed by atoms with Crippen LogP contribution in [0.5, 0.6) is 0 Å². The first-order chi connectivity index (χ1) is 3.41. The Labute approximate surface area is 40.6 Å². The van der Waals surface area contributed by atoms with E-state index in [1.165, 1.54) is 0 Å². The lowest BCUT2D eigenvalue weighted by atomic mass is 10.8. The fourth-order valence-electron chi connectivity index (χ4n) is 0.149. The summed E-state index contributed by atoms with van der Waals surface area (Å²) >= 11 is 0. The molecule has 0 saturated heterocycles. The summed E-state index contributed by atoms with van der Waals surface area (Å²) in [5.74, 6) is 0. The zero-order valence-corrected chi connectivity index (χ0v) is 3.73. The molecule has 0 amide bonds. The van der Waals surface area contributed by atoms with Crippen LogP contribution < -0.4 is 0 Å². The smallest absolute Gasteiger partial charge is 0.123 e. The Balaban J connectivity index is 2.69. The van der Waals surface area contributed by atoms with Gasteiger partial charge < -0.3 is 4.74 Å². The first-order valence-electron chi connectivity index (χ1n) is 1.84. The van der Waals surface area contributed by atoms with E-state index >= 15 is 0 Å². The number of rotatable bonds is 3. The molecule has 42 valence electrons. The molecule has 0 N–H and O–H groups in total. The molecule has 1 nitrogen and oxygen atoms in total. The van der Waals surface area contributed by atoms with Gasteiger partial charge in [-0.1, -0.05) is 0 Å². The Morgan fingerprint density at radius 1 is 1.57 bits per heavy atom. The molecule has 0 aliphatic heterocycles. The summed E-state index contributed by atoms with van der Waals surface area (Å²) in [4.78, 5) is 0. The minimum Gasteiger partial charge on any atom is -0.496 e. The monoisotopic (exact) mass is 108 g/mol. The zero-order valence-electron chi connectivity index (χ0n) is 3.73. The van der Waals surface area contributed by atoms with Crippen LogP contribution in [0.4, 0.5) is 8.78 Å². The summed E-state index contributed by atoms with van der Waals surface area (Å²) in [5, 5.41) is 0. The quantitative estimate of drug-likeness (QED) is 0.392. The van der Waals surface area contributed by atoms with Crippen molar-refractivity contribution in [3.8, 4) is 0 Å². The normalized spacial score (nSPS) is 10.0. The molecule has 7 heavy (non-hydrogen) atoms. The lowest BCUT2D eigenvalue weighted by Crippen LogP contribution is -1.86. The van der Waals surface area contributed by atoms with E-state index in [4.69, 9.17) is 0 Å². The highest BCUT2D eigenvalue weighted by molar-refractivity contribution is 4.56. The van der Waals surface area contributed by atoms with Crippen molar-refractivity contribution in [2.24, 2.45) is 0 Å². The molecule has 3 heteroatoms. The second-order valence-electron chi connectivity index (χ2n) is 0.822. The number of halogens is 2. The summed E-state index contributed by atoms with van der Waals surface area (Å²) in [5.41, 5.74) is 0. The van der Waals surface area contributed by atoms with E-state index in [1.807, 2.05) is 0 Å². The zero-order chi connectivity index (χ0) is 5.54. The lowest BCUT2D eigenvalue weighted by Gasteiger charge is -1.88. The molecular weight excluding hydrogens is 102 g/mol. The van der Waals surface area contributed by atoms with Crippen LogP contribution in [0.1, 0.15) is 0 Å². The van der Waals surface area contributed by atoms with E-state index in [0.717, 1.165) is 6.26 Å². The van der Waals surface area contributed by atoms with Gasteiger partial charge in [0.2, 0.25) is 0 Å². The predicted molar refractivity (Wildman–Crippen MR) is 22.2 cm³/mol. The Hall–Kier alpha value is -0.600. The van der Waals surface area contributed by atoms with Crippen LogP contribution in [0.25, 0.3) is 0 Å². The van der Waals surface area contributed by atoms with Gasteiger partial charge in [0.05, 0.1) is 0 Å². The minimum atomic E-state index is -0.579. The number of hydrogen-bond acceptors (Lipinski definition) is 1. The highest BCUT2D eigenvalue weighted by atomic mass is 19.1. The highest BCUT2D eigenvalue weighted by Crippen LogP contribution is 1.77. The molecule has 0 fully saturated rings. The van der Waals surface area contributed by atoms with Gasteiger partial charge in [0.1, 0.15) is 25.9 Å². The number of ether oxygens (including phenoxy) is 1. The summed E-state index contributed by atoms with van der Waals surface area (Å²) < 4.78 is 26.1. The van der Waals surface area contributed by atoms with Gasteiger partial charge >= 0.3 is 0 Å². The van der Waals surface area contributed by atoms with Crippen molar-refractivity contribution in [3.63, 3.8) is 0 Å². The van der Waals surface area contributed by atoms with Crippen LogP contribution in [0.15, 0.2) is 12.6 Å². The maximum Gasteiger partial charge on any atom is 0.123 e. The van der Waals surface area contributed by atoms with Gasteiger partial charge in [-0.05, 0) is 0 Å². The number of hydrogen-bond donors (Lipinski definition) is 0. The Bertz CT molecular complexity index is 53.7. The maximum absolute atomic E-state index is 11.0. The Morgan fingerprint density at radius 3 is 2.71 bits per heavy atom. The van der Waals surface area contributed by atoms with Crippen molar-refractivity contribution < 1.29 is 13.5 Å². The van der Waals surface area contributed by atoms with E-state index < -0.39 is 6.67 Å². The lowest BCUT2D eigenvalue weighted by molar-refractivity contribution is 0.215. The molecular formula is C4H6F2O. The van der Waals surface area contributed by atoms with Gasteiger partial charge in [-0.25, -0.2) is 8.78 Å². The van der Waals surface area contributed by atoms with Crippen LogP contribution in [-0.2, 0) is 4.74 Å². The van der Waals surface area contributed by atoms with Crippen LogP contribution in [0.2, 0.25) is 0 Å². The molecule has 0 spiro atoms. The molecule has 0 aromatic rings. The average molecular weight is 108 g/mol. The van der Waals surface area contributed by atoms with Gasteiger partial charge in [-0.2, -0.15) is 0 Å². The van der Waals surface area contributed by atoms with Crippen molar-refractivity contribution >= 4 is 0 Å². The van der Waals surface area contributed by atoms with Crippen LogP contribution >= 0.6 is 0 Å². The molecule has 0 heterocycles. The molecule has 0 atom stereocenters. The molecule has 0 radical (unpaired) electrons. The molecule has 0 aliphatic carbocycles. The second kappa shape index (κ2) is 5.40.